The molecule has 3 heteroatoms. The van der Waals surface area contributed by atoms with Gasteiger partial charge in [-0.3, -0.25) is 0 Å². The predicted octanol–water partition coefficient (Wildman–Crippen LogP) is 3.65. The summed E-state index contributed by atoms with van der Waals surface area (Å²) in [6.07, 6.45) is 1.73. The lowest BCUT2D eigenvalue weighted by Crippen LogP contribution is -1.78. The van der Waals surface area contributed by atoms with Gasteiger partial charge in [0.15, 0.2) is 0 Å². The minimum atomic E-state index is 0.760. The van der Waals surface area contributed by atoms with Crippen molar-refractivity contribution in [1.82, 2.24) is 4.98 Å². The van der Waals surface area contributed by atoms with Crippen LogP contribution in [0.15, 0.2) is 35.1 Å². The van der Waals surface area contributed by atoms with Crippen molar-refractivity contribution in [2.75, 3.05) is 0 Å². The highest BCUT2D eigenvalue weighted by molar-refractivity contribution is 9.10. The van der Waals surface area contributed by atoms with E-state index < -0.39 is 0 Å². The second kappa shape index (κ2) is 3.04. The molecule has 60 valence electrons. The molecule has 2 aromatic rings. The van der Waals surface area contributed by atoms with Crippen molar-refractivity contribution in [3.05, 3.63) is 40.1 Å². The maximum atomic E-state index is 5.98. The Kier molecular flexibility index (Phi) is 2.03. The second-order valence-electron chi connectivity index (χ2n) is 2.44. The summed E-state index contributed by atoms with van der Waals surface area (Å²) in [6.45, 7) is 0. The molecule has 0 amide bonds. The van der Waals surface area contributed by atoms with Crippen LogP contribution >= 0.6 is 27.5 Å². The first-order valence-corrected chi connectivity index (χ1v) is 4.65. The molecule has 1 aromatic heterocycles. The second-order valence-corrected chi connectivity index (χ2v) is 3.60. The number of hydrogen-bond donors (Lipinski definition) is 0. The lowest BCUT2D eigenvalue weighted by Gasteiger charge is -2.00. The smallest absolute Gasteiger partial charge is 0.113 e. The molecule has 0 radical (unpaired) electrons. The molecule has 2 rings (SSSR count). The van der Waals surface area contributed by atoms with Crippen LogP contribution in [0.25, 0.3) is 10.8 Å². The van der Waals surface area contributed by atoms with Gasteiger partial charge in [-0.1, -0.05) is 23.7 Å². The molecule has 0 N–H and O–H groups in total. The minimum absolute atomic E-state index is 0.760. The van der Waals surface area contributed by atoms with Gasteiger partial charge in [0.1, 0.15) is 4.60 Å². The van der Waals surface area contributed by atoms with E-state index in [1.165, 1.54) is 0 Å². The zero-order valence-electron chi connectivity index (χ0n) is 6.09. The number of aromatic nitrogens is 1. The third-order valence-electron chi connectivity index (χ3n) is 1.70. The summed E-state index contributed by atoms with van der Waals surface area (Å²) in [7, 11) is 0. The highest BCUT2D eigenvalue weighted by Crippen LogP contribution is 2.26. The van der Waals surface area contributed by atoms with Gasteiger partial charge in [-0.25, -0.2) is 4.98 Å². The number of fused-ring (bicyclic) bond motifs is 1. The molecule has 1 aromatic carbocycles. The molecule has 0 fully saturated rings. The van der Waals surface area contributed by atoms with Crippen LogP contribution < -0.4 is 0 Å². The van der Waals surface area contributed by atoms with E-state index in [1.807, 2.05) is 24.3 Å². The van der Waals surface area contributed by atoms with Crippen molar-refractivity contribution in [2.24, 2.45) is 0 Å². The highest BCUT2D eigenvalue weighted by atomic mass is 79.9. The first kappa shape index (κ1) is 8.02. The molecule has 1 heterocycles. The largest absolute Gasteiger partial charge is 0.249 e. The molecule has 12 heavy (non-hydrogen) atoms. The molecule has 0 aliphatic carbocycles. The number of benzene rings is 1. The molecule has 0 aliphatic heterocycles. The molecular weight excluding hydrogens is 237 g/mol. The standard InChI is InChI=1S/C9H5BrClN/c10-9-7-2-1-3-8(11)6(7)4-5-12-9/h1-5H. The Balaban J connectivity index is 2.94. The molecule has 0 bridgehead atoms. The highest BCUT2D eigenvalue weighted by Gasteiger charge is 2.00. The van der Waals surface area contributed by atoms with E-state index >= 15 is 0 Å². The van der Waals surface area contributed by atoms with E-state index in [2.05, 4.69) is 20.9 Å². The number of rotatable bonds is 0. The minimum Gasteiger partial charge on any atom is -0.249 e. The molecule has 0 aliphatic rings. The summed E-state index contributed by atoms with van der Waals surface area (Å²) in [5, 5.41) is 2.83. The first-order chi connectivity index (χ1) is 5.79. The quantitative estimate of drug-likeness (QED) is 0.643. The zero-order chi connectivity index (χ0) is 8.55. The van der Waals surface area contributed by atoms with E-state index in [0.717, 1.165) is 20.4 Å². The third kappa shape index (κ3) is 1.21. The maximum Gasteiger partial charge on any atom is 0.113 e. The lowest BCUT2D eigenvalue weighted by molar-refractivity contribution is 1.31. The summed E-state index contributed by atoms with van der Waals surface area (Å²) in [5.41, 5.74) is 0. The van der Waals surface area contributed by atoms with Crippen LogP contribution in [0.3, 0.4) is 0 Å². The Labute approximate surface area is 83.5 Å². The maximum absolute atomic E-state index is 5.98. The van der Waals surface area contributed by atoms with Crippen LogP contribution in [0.1, 0.15) is 0 Å². The van der Waals surface area contributed by atoms with Crippen molar-refractivity contribution in [3.63, 3.8) is 0 Å². The lowest BCUT2D eigenvalue weighted by atomic mass is 10.2. The van der Waals surface area contributed by atoms with Crippen LogP contribution in [0.2, 0.25) is 5.02 Å². The van der Waals surface area contributed by atoms with Gasteiger partial charge in [-0.15, -0.1) is 0 Å². The third-order valence-corrected chi connectivity index (χ3v) is 2.67. The Morgan fingerprint density at radius 3 is 2.75 bits per heavy atom. The zero-order valence-corrected chi connectivity index (χ0v) is 8.43. The Hall–Kier alpha value is -0.600. The summed E-state index contributed by atoms with van der Waals surface area (Å²) in [5.74, 6) is 0. The van der Waals surface area contributed by atoms with Gasteiger partial charge >= 0.3 is 0 Å². The SMILES string of the molecule is Clc1cccc2c(Br)nccc12. The summed E-state index contributed by atoms with van der Waals surface area (Å²) in [4.78, 5) is 4.11. The molecule has 0 saturated carbocycles. The molecular formula is C9H5BrClN. The fourth-order valence-electron chi connectivity index (χ4n) is 1.13. The number of halogens is 2. The molecule has 0 spiro atoms. The van der Waals surface area contributed by atoms with E-state index in [4.69, 9.17) is 11.6 Å². The normalized spacial score (nSPS) is 10.5. The van der Waals surface area contributed by atoms with Gasteiger partial charge < -0.3 is 0 Å². The number of pyridine rings is 1. The first-order valence-electron chi connectivity index (χ1n) is 3.48. The molecule has 1 nitrogen and oxygen atoms in total. The van der Waals surface area contributed by atoms with E-state index in [1.54, 1.807) is 6.20 Å². The van der Waals surface area contributed by atoms with Gasteiger partial charge in [0.05, 0.1) is 0 Å². The summed E-state index contributed by atoms with van der Waals surface area (Å²) in [6, 6.07) is 7.67. The van der Waals surface area contributed by atoms with Gasteiger partial charge in [0, 0.05) is 22.0 Å². The van der Waals surface area contributed by atoms with Crippen molar-refractivity contribution in [1.29, 1.82) is 0 Å². The molecule has 0 saturated heterocycles. The van der Waals surface area contributed by atoms with Crippen LogP contribution in [-0.2, 0) is 0 Å². The van der Waals surface area contributed by atoms with Crippen LogP contribution in [0, 0.1) is 0 Å². The summed E-state index contributed by atoms with van der Waals surface area (Å²) < 4.78 is 0.836. The Morgan fingerprint density at radius 2 is 2.00 bits per heavy atom. The van der Waals surface area contributed by atoms with Crippen molar-refractivity contribution < 1.29 is 0 Å². The molecule has 0 atom stereocenters. The monoisotopic (exact) mass is 241 g/mol. The van der Waals surface area contributed by atoms with Gasteiger partial charge in [-0.2, -0.15) is 0 Å². The van der Waals surface area contributed by atoms with Crippen LogP contribution in [0.5, 0.6) is 0 Å². The fourth-order valence-corrected chi connectivity index (χ4v) is 1.83. The Morgan fingerprint density at radius 1 is 1.17 bits per heavy atom. The van der Waals surface area contributed by atoms with Crippen molar-refractivity contribution >= 4 is 38.3 Å². The predicted molar refractivity (Wildman–Crippen MR) is 54.5 cm³/mol. The molecule has 0 unspecified atom stereocenters. The van der Waals surface area contributed by atoms with Gasteiger partial charge in [0.25, 0.3) is 0 Å². The Bertz CT molecular complexity index is 387. The van der Waals surface area contributed by atoms with E-state index in [9.17, 15) is 0 Å². The summed E-state index contributed by atoms with van der Waals surface area (Å²) >= 11 is 9.34. The topological polar surface area (TPSA) is 12.9 Å². The van der Waals surface area contributed by atoms with Crippen LogP contribution in [0.4, 0.5) is 0 Å². The number of nitrogens with zero attached hydrogens (tertiary/aromatic N) is 1. The fraction of sp³-hybridized carbons (Fsp3) is 0. The van der Waals surface area contributed by atoms with E-state index in [0.29, 0.717) is 0 Å². The average molecular weight is 243 g/mol. The van der Waals surface area contributed by atoms with Gasteiger partial charge in [-0.05, 0) is 28.1 Å². The van der Waals surface area contributed by atoms with Crippen molar-refractivity contribution in [3.8, 4) is 0 Å². The van der Waals surface area contributed by atoms with Crippen LogP contribution in [-0.4, -0.2) is 4.98 Å². The van der Waals surface area contributed by atoms with Crippen molar-refractivity contribution in [2.45, 2.75) is 0 Å². The van der Waals surface area contributed by atoms with Gasteiger partial charge in [0.2, 0.25) is 0 Å². The van der Waals surface area contributed by atoms with E-state index in [-0.39, 0.29) is 0 Å². The number of hydrogen-bond acceptors (Lipinski definition) is 1. The average Bonchev–Trinajstić information content (AvgIpc) is 2.07.